The van der Waals surface area contributed by atoms with Crippen molar-refractivity contribution < 1.29 is 0 Å². The maximum absolute atomic E-state index is 5.97. The molecule has 2 heterocycles. The minimum absolute atomic E-state index is 0.798. The third-order valence-corrected chi connectivity index (χ3v) is 4.78. The monoisotopic (exact) mass is 322 g/mol. The summed E-state index contributed by atoms with van der Waals surface area (Å²) >= 11 is 5.97. The lowest BCUT2D eigenvalue weighted by molar-refractivity contribution is 0.294. The van der Waals surface area contributed by atoms with Crippen molar-refractivity contribution in [1.29, 1.82) is 0 Å². The van der Waals surface area contributed by atoms with Gasteiger partial charge in [0, 0.05) is 36.4 Å². The van der Waals surface area contributed by atoms with Gasteiger partial charge in [-0.3, -0.25) is 4.90 Å². The highest BCUT2D eigenvalue weighted by molar-refractivity contribution is 6.30. The molecule has 116 valence electrons. The van der Waals surface area contributed by atoms with Crippen molar-refractivity contribution in [2.24, 2.45) is 0 Å². The van der Waals surface area contributed by atoms with Crippen LogP contribution in [0.4, 0.5) is 0 Å². The van der Waals surface area contributed by atoms with Crippen LogP contribution in [0.15, 0.2) is 60.8 Å². The first-order chi connectivity index (χ1) is 11.3. The second-order valence-electron chi connectivity index (χ2n) is 6.12. The highest BCUT2D eigenvalue weighted by atomic mass is 35.5. The Morgan fingerprint density at radius 2 is 1.91 bits per heavy atom. The number of aromatic nitrogens is 1. The molecule has 1 N–H and O–H groups in total. The molecule has 0 fully saturated rings. The van der Waals surface area contributed by atoms with Crippen molar-refractivity contribution in [2.75, 3.05) is 13.1 Å². The molecule has 1 aliphatic heterocycles. The van der Waals surface area contributed by atoms with E-state index in [0.29, 0.717) is 0 Å². The number of hydrogen-bond acceptors (Lipinski definition) is 1. The van der Waals surface area contributed by atoms with Gasteiger partial charge in [0.05, 0.1) is 0 Å². The van der Waals surface area contributed by atoms with E-state index in [1.165, 1.54) is 27.6 Å². The Morgan fingerprint density at radius 1 is 1.04 bits per heavy atom. The third-order valence-electron chi connectivity index (χ3n) is 4.53. The number of H-pyrrole nitrogens is 1. The van der Waals surface area contributed by atoms with Gasteiger partial charge in [-0.1, -0.05) is 35.9 Å². The number of benzene rings is 2. The van der Waals surface area contributed by atoms with E-state index >= 15 is 0 Å². The van der Waals surface area contributed by atoms with E-state index in [4.69, 9.17) is 11.6 Å². The van der Waals surface area contributed by atoms with Crippen LogP contribution in [0.3, 0.4) is 0 Å². The average molecular weight is 323 g/mol. The van der Waals surface area contributed by atoms with Crippen LogP contribution in [-0.2, 0) is 6.54 Å². The van der Waals surface area contributed by atoms with Crippen molar-refractivity contribution in [3.05, 3.63) is 77.0 Å². The third kappa shape index (κ3) is 3.19. The first-order valence-electron chi connectivity index (χ1n) is 8.01. The zero-order valence-corrected chi connectivity index (χ0v) is 13.7. The predicted octanol–water partition coefficient (Wildman–Crippen LogP) is 5.11. The number of aromatic amines is 1. The lowest BCUT2D eigenvalue weighted by atomic mass is 9.99. The normalized spacial score (nSPS) is 15.8. The molecule has 3 aromatic rings. The molecule has 0 atom stereocenters. The van der Waals surface area contributed by atoms with Crippen LogP contribution < -0.4 is 0 Å². The lowest BCUT2D eigenvalue weighted by Crippen LogP contribution is -2.27. The molecule has 1 aliphatic rings. The standard InChI is InChI=1S/C20H19ClN2/c21-19-4-2-16(3-5-19)17-8-11-23(12-9-17)14-15-1-6-20-18(13-15)7-10-22-20/h1-8,10,13,22H,9,11-12,14H2. The number of hydrogen-bond donors (Lipinski definition) is 1. The summed E-state index contributed by atoms with van der Waals surface area (Å²) in [5.74, 6) is 0. The fourth-order valence-corrected chi connectivity index (χ4v) is 3.37. The first kappa shape index (κ1) is 14.6. The first-order valence-corrected chi connectivity index (χ1v) is 8.39. The van der Waals surface area contributed by atoms with E-state index in [1.807, 2.05) is 18.3 Å². The lowest BCUT2D eigenvalue weighted by Gasteiger charge is -2.26. The topological polar surface area (TPSA) is 19.0 Å². The number of halogens is 1. The molecular weight excluding hydrogens is 304 g/mol. The molecular formula is C20H19ClN2. The maximum Gasteiger partial charge on any atom is 0.0454 e. The molecule has 1 aromatic heterocycles. The number of nitrogens with one attached hydrogen (secondary N) is 1. The summed E-state index contributed by atoms with van der Waals surface area (Å²) in [6.45, 7) is 3.11. The summed E-state index contributed by atoms with van der Waals surface area (Å²) in [5.41, 5.74) is 5.31. The molecule has 4 rings (SSSR count). The molecule has 0 aliphatic carbocycles. The Kier molecular flexibility index (Phi) is 3.94. The zero-order chi connectivity index (χ0) is 15.6. The molecule has 3 heteroatoms. The Hall–Kier alpha value is -2.03. The summed E-state index contributed by atoms with van der Waals surface area (Å²) in [4.78, 5) is 5.74. The van der Waals surface area contributed by atoms with Crippen molar-refractivity contribution in [3.63, 3.8) is 0 Å². The summed E-state index contributed by atoms with van der Waals surface area (Å²) in [6.07, 6.45) is 5.44. The molecule has 0 radical (unpaired) electrons. The van der Waals surface area contributed by atoms with Gasteiger partial charge in [0.15, 0.2) is 0 Å². The fourth-order valence-electron chi connectivity index (χ4n) is 3.24. The summed E-state index contributed by atoms with van der Waals surface area (Å²) in [5, 5.41) is 2.09. The van der Waals surface area contributed by atoms with E-state index < -0.39 is 0 Å². The second kappa shape index (κ2) is 6.23. The number of nitrogens with zero attached hydrogens (tertiary/aromatic N) is 1. The maximum atomic E-state index is 5.97. The van der Waals surface area contributed by atoms with Crippen molar-refractivity contribution in [1.82, 2.24) is 9.88 Å². The fraction of sp³-hybridized carbons (Fsp3) is 0.200. The highest BCUT2D eigenvalue weighted by Gasteiger charge is 2.13. The van der Waals surface area contributed by atoms with Crippen molar-refractivity contribution in [3.8, 4) is 0 Å². The Balaban J connectivity index is 1.45. The van der Waals surface area contributed by atoms with Gasteiger partial charge in [-0.2, -0.15) is 0 Å². The Bertz CT molecular complexity index is 845. The van der Waals surface area contributed by atoms with E-state index in [1.54, 1.807) is 0 Å². The van der Waals surface area contributed by atoms with Gasteiger partial charge < -0.3 is 4.98 Å². The zero-order valence-electron chi connectivity index (χ0n) is 12.9. The minimum Gasteiger partial charge on any atom is -0.361 e. The predicted molar refractivity (Wildman–Crippen MR) is 97.6 cm³/mol. The smallest absolute Gasteiger partial charge is 0.0454 e. The Labute approximate surface area is 141 Å². The SMILES string of the molecule is Clc1ccc(C2=CCN(Cc3ccc4[nH]ccc4c3)CC2)cc1. The van der Waals surface area contributed by atoms with Crippen LogP contribution >= 0.6 is 11.6 Å². The van der Waals surface area contributed by atoms with E-state index in [0.717, 1.165) is 31.1 Å². The van der Waals surface area contributed by atoms with Gasteiger partial charge in [0.1, 0.15) is 0 Å². The average Bonchev–Trinajstić information content (AvgIpc) is 3.04. The van der Waals surface area contributed by atoms with Gasteiger partial charge in [-0.25, -0.2) is 0 Å². The molecule has 0 bridgehead atoms. The van der Waals surface area contributed by atoms with Gasteiger partial charge in [-0.15, -0.1) is 0 Å². The summed E-state index contributed by atoms with van der Waals surface area (Å²) < 4.78 is 0. The van der Waals surface area contributed by atoms with Crippen LogP contribution in [0.1, 0.15) is 17.5 Å². The van der Waals surface area contributed by atoms with E-state index in [9.17, 15) is 0 Å². The van der Waals surface area contributed by atoms with Crippen LogP contribution in [-0.4, -0.2) is 23.0 Å². The van der Waals surface area contributed by atoms with E-state index in [2.05, 4.69) is 52.4 Å². The van der Waals surface area contributed by atoms with Crippen molar-refractivity contribution >= 4 is 28.1 Å². The van der Waals surface area contributed by atoms with Gasteiger partial charge in [0.25, 0.3) is 0 Å². The summed E-state index contributed by atoms with van der Waals surface area (Å²) in [7, 11) is 0. The number of rotatable bonds is 3. The molecule has 0 amide bonds. The van der Waals surface area contributed by atoms with Crippen molar-refractivity contribution in [2.45, 2.75) is 13.0 Å². The molecule has 23 heavy (non-hydrogen) atoms. The largest absolute Gasteiger partial charge is 0.361 e. The van der Waals surface area contributed by atoms with Crippen LogP contribution in [0.5, 0.6) is 0 Å². The quantitative estimate of drug-likeness (QED) is 0.710. The van der Waals surface area contributed by atoms with Gasteiger partial charge >= 0.3 is 0 Å². The van der Waals surface area contributed by atoms with E-state index in [-0.39, 0.29) is 0 Å². The highest BCUT2D eigenvalue weighted by Crippen LogP contribution is 2.25. The molecule has 0 saturated heterocycles. The molecule has 0 unspecified atom stereocenters. The Morgan fingerprint density at radius 3 is 2.70 bits per heavy atom. The molecule has 2 aromatic carbocycles. The summed E-state index contributed by atoms with van der Waals surface area (Å²) in [6, 6.07) is 17.0. The number of fused-ring (bicyclic) bond motifs is 1. The van der Waals surface area contributed by atoms with Gasteiger partial charge in [0.2, 0.25) is 0 Å². The van der Waals surface area contributed by atoms with Crippen LogP contribution in [0.2, 0.25) is 5.02 Å². The molecule has 0 saturated carbocycles. The second-order valence-corrected chi connectivity index (χ2v) is 6.56. The molecule has 2 nitrogen and oxygen atoms in total. The van der Waals surface area contributed by atoms with Crippen LogP contribution in [0, 0.1) is 0 Å². The van der Waals surface area contributed by atoms with Crippen LogP contribution in [0.25, 0.3) is 16.5 Å². The minimum atomic E-state index is 0.798. The molecule has 0 spiro atoms. The van der Waals surface area contributed by atoms with Gasteiger partial charge in [-0.05, 0) is 58.8 Å².